The van der Waals surface area contributed by atoms with Crippen LogP contribution in [0.3, 0.4) is 0 Å². The number of hydrogen-bond acceptors (Lipinski definition) is 2. The number of carbonyl (C=O) groups is 1. The predicted molar refractivity (Wildman–Crippen MR) is 82.0 cm³/mol. The van der Waals surface area contributed by atoms with E-state index in [9.17, 15) is 4.79 Å². The average Bonchev–Trinajstić information content (AvgIpc) is 2.43. The second-order valence-corrected chi connectivity index (χ2v) is 5.72. The summed E-state index contributed by atoms with van der Waals surface area (Å²) in [5.74, 6) is 0.374. The van der Waals surface area contributed by atoms with Crippen LogP contribution in [-0.2, 0) is 11.2 Å². The summed E-state index contributed by atoms with van der Waals surface area (Å²) >= 11 is 9.09. The Balaban J connectivity index is 2.26. The molecule has 0 aliphatic rings. The van der Waals surface area contributed by atoms with Crippen molar-refractivity contribution >= 4 is 33.5 Å². The van der Waals surface area contributed by atoms with Gasteiger partial charge in [0.15, 0.2) is 0 Å². The maximum absolute atomic E-state index is 10.9. The molecule has 0 aliphatic carbocycles. The summed E-state index contributed by atoms with van der Waals surface area (Å²) in [5, 5.41) is 9.52. The molecule has 0 saturated carbocycles. The molecule has 2 rings (SSSR count). The summed E-state index contributed by atoms with van der Waals surface area (Å²) in [6.07, 6.45) is 0.290. The zero-order valence-electron chi connectivity index (χ0n) is 10.4. The van der Waals surface area contributed by atoms with Crippen LogP contribution >= 0.6 is 27.5 Å². The van der Waals surface area contributed by atoms with Crippen LogP contribution in [0.5, 0.6) is 11.5 Å². The SMILES string of the molecule is O=C(O)[C@@H](Br)Cc1cc(Cl)ccc1Oc1ccccc1. The van der Waals surface area contributed by atoms with Crippen LogP contribution in [0.4, 0.5) is 0 Å². The molecule has 1 N–H and O–H groups in total. The molecule has 1 atom stereocenters. The molecule has 0 saturated heterocycles. The van der Waals surface area contributed by atoms with Gasteiger partial charge in [0.25, 0.3) is 0 Å². The Morgan fingerprint density at radius 2 is 1.95 bits per heavy atom. The predicted octanol–water partition coefficient (Wildman–Crippen LogP) is 4.52. The first kappa shape index (κ1) is 14.9. The third kappa shape index (κ3) is 3.99. The fraction of sp³-hybridized carbons (Fsp3) is 0.133. The highest BCUT2D eigenvalue weighted by Gasteiger charge is 2.17. The van der Waals surface area contributed by atoms with Crippen LogP contribution in [-0.4, -0.2) is 15.9 Å². The Kier molecular flexibility index (Phi) is 5.04. The Morgan fingerprint density at radius 1 is 1.25 bits per heavy atom. The van der Waals surface area contributed by atoms with Crippen molar-refractivity contribution in [2.75, 3.05) is 0 Å². The van der Waals surface area contributed by atoms with E-state index in [-0.39, 0.29) is 6.42 Å². The van der Waals surface area contributed by atoms with Gasteiger partial charge in [0.1, 0.15) is 16.3 Å². The standard InChI is InChI=1S/C15H12BrClO3/c16-13(15(18)19)9-10-8-11(17)6-7-14(10)20-12-4-2-1-3-5-12/h1-8,13H,9H2,(H,18,19)/t13-/m0/s1. The molecular formula is C15H12BrClO3. The highest BCUT2D eigenvalue weighted by Crippen LogP contribution is 2.29. The Bertz CT molecular complexity index is 601. The van der Waals surface area contributed by atoms with Crippen molar-refractivity contribution in [1.82, 2.24) is 0 Å². The number of benzene rings is 2. The van der Waals surface area contributed by atoms with Gasteiger partial charge < -0.3 is 9.84 Å². The van der Waals surface area contributed by atoms with Gasteiger partial charge in [-0.3, -0.25) is 4.79 Å². The summed E-state index contributed by atoms with van der Waals surface area (Å²) in [6.45, 7) is 0. The van der Waals surface area contributed by atoms with Crippen LogP contribution in [0.2, 0.25) is 5.02 Å². The monoisotopic (exact) mass is 354 g/mol. The largest absolute Gasteiger partial charge is 0.480 e. The lowest BCUT2D eigenvalue weighted by Gasteiger charge is -2.13. The molecule has 0 spiro atoms. The van der Waals surface area contributed by atoms with Crippen LogP contribution in [0.15, 0.2) is 48.5 Å². The highest BCUT2D eigenvalue weighted by atomic mass is 79.9. The number of hydrogen-bond donors (Lipinski definition) is 1. The van der Waals surface area contributed by atoms with Crippen molar-refractivity contribution in [3.8, 4) is 11.5 Å². The lowest BCUT2D eigenvalue weighted by Crippen LogP contribution is -2.15. The van der Waals surface area contributed by atoms with Gasteiger partial charge in [-0.25, -0.2) is 0 Å². The fourth-order valence-corrected chi connectivity index (χ4v) is 2.25. The molecule has 0 aliphatic heterocycles. The fourth-order valence-electron chi connectivity index (χ4n) is 1.70. The molecule has 0 amide bonds. The number of carboxylic acids is 1. The summed E-state index contributed by atoms with van der Waals surface area (Å²) in [7, 11) is 0. The lowest BCUT2D eigenvalue weighted by molar-refractivity contribution is -0.136. The third-order valence-electron chi connectivity index (χ3n) is 2.66. The number of alkyl halides is 1. The molecular weight excluding hydrogens is 344 g/mol. The number of carboxylic acid groups (broad SMARTS) is 1. The number of ether oxygens (including phenoxy) is 1. The number of para-hydroxylation sites is 1. The first-order valence-corrected chi connectivity index (χ1v) is 7.24. The molecule has 0 radical (unpaired) electrons. The minimum atomic E-state index is -0.921. The molecule has 0 bridgehead atoms. The van der Waals surface area contributed by atoms with Crippen LogP contribution in [0.25, 0.3) is 0 Å². The molecule has 0 unspecified atom stereocenters. The van der Waals surface area contributed by atoms with E-state index in [1.807, 2.05) is 30.3 Å². The van der Waals surface area contributed by atoms with Crippen LogP contribution < -0.4 is 4.74 Å². The van der Waals surface area contributed by atoms with Gasteiger partial charge >= 0.3 is 5.97 Å². The normalized spacial score (nSPS) is 11.9. The smallest absolute Gasteiger partial charge is 0.317 e. The Hall–Kier alpha value is -1.52. The number of aliphatic carboxylic acids is 1. The topological polar surface area (TPSA) is 46.5 Å². The van der Waals surface area contributed by atoms with Crippen molar-refractivity contribution in [3.63, 3.8) is 0 Å². The van der Waals surface area contributed by atoms with E-state index in [1.165, 1.54) is 0 Å². The molecule has 3 nitrogen and oxygen atoms in total. The summed E-state index contributed by atoms with van der Waals surface area (Å²) in [5.41, 5.74) is 0.741. The molecule has 0 heterocycles. The van der Waals surface area contributed by atoms with Crippen molar-refractivity contribution in [2.45, 2.75) is 11.2 Å². The van der Waals surface area contributed by atoms with Gasteiger partial charge in [-0.2, -0.15) is 0 Å². The van der Waals surface area contributed by atoms with Crippen molar-refractivity contribution in [1.29, 1.82) is 0 Å². The van der Waals surface area contributed by atoms with E-state index >= 15 is 0 Å². The van der Waals surface area contributed by atoms with Gasteiger partial charge in [0, 0.05) is 5.02 Å². The molecule has 20 heavy (non-hydrogen) atoms. The quantitative estimate of drug-likeness (QED) is 0.802. The minimum Gasteiger partial charge on any atom is -0.480 e. The molecule has 0 aromatic heterocycles. The van der Waals surface area contributed by atoms with E-state index in [2.05, 4.69) is 15.9 Å². The average molecular weight is 356 g/mol. The Labute approximate surface area is 130 Å². The lowest BCUT2D eigenvalue weighted by atomic mass is 10.1. The van der Waals surface area contributed by atoms with E-state index < -0.39 is 10.8 Å². The molecule has 2 aromatic rings. The summed E-state index contributed by atoms with van der Waals surface area (Å²) < 4.78 is 5.77. The van der Waals surface area contributed by atoms with Crippen LogP contribution in [0, 0.1) is 0 Å². The van der Waals surface area contributed by atoms with Crippen molar-refractivity contribution in [2.24, 2.45) is 0 Å². The molecule has 0 fully saturated rings. The summed E-state index contributed by atoms with van der Waals surface area (Å²) in [6, 6.07) is 14.5. The van der Waals surface area contributed by atoms with Gasteiger partial charge in [-0.15, -0.1) is 0 Å². The van der Waals surface area contributed by atoms with E-state index in [4.69, 9.17) is 21.4 Å². The van der Waals surface area contributed by atoms with Crippen molar-refractivity contribution < 1.29 is 14.6 Å². The van der Waals surface area contributed by atoms with Crippen molar-refractivity contribution in [3.05, 3.63) is 59.1 Å². The first-order valence-electron chi connectivity index (χ1n) is 5.94. The number of halogens is 2. The maximum atomic E-state index is 10.9. The minimum absolute atomic E-state index is 0.290. The molecule has 5 heteroatoms. The van der Waals surface area contributed by atoms with E-state index in [0.29, 0.717) is 16.5 Å². The van der Waals surface area contributed by atoms with E-state index in [0.717, 1.165) is 5.56 Å². The summed E-state index contributed by atoms with van der Waals surface area (Å²) in [4.78, 5) is 10.3. The van der Waals surface area contributed by atoms with Crippen LogP contribution in [0.1, 0.15) is 5.56 Å². The van der Waals surface area contributed by atoms with E-state index in [1.54, 1.807) is 18.2 Å². The number of rotatable bonds is 5. The molecule has 104 valence electrons. The van der Waals surface area contributed by atoms with Gasteiger partial charge in [0.05, 0.1) is 0 Å². The van der Waals surface area contributed by atoms with Gasteiger partial charge in [-0.05, 0) is 42.3 Å². The zero-order chi connectivity index (χ0) is 14.5. The highest BCUT2D eigenvalue weighted by molar-refractivity contribution is 9.10. The molecule has 2 aromatic carbocycles. The maximum Gasteiger partial charge on any atom is 0.317 e. The second-order valence-electron chi connectivity index (χ2n) is 4.18. The Morgan fingerprint density at radius 3 is 2.60 bits per heavy atom. The van der Waals surface area contributed by atoms with Gasteiger partial charge in [-0.1, -0.05) is 45.7 Å². The second kappa shape index (κ2) is 6.77. The first-order chi connectivity index (χ1) is 9.56. The van der Waals surface area contributed by atoms with Gasteiger partial charge in [0.2, 0.25) is 0 Å². The third-order valence-corrected chi connectivity index (χ3v) is 3.61. The zero-order valence-corrected chi connectivity index (χ0v) is 12.8.